The van der Waals surface area contributed by atoms with Crippen LogP contribution in [0, 0.1) is 11.8 Å². The van der Waals surface area contributed by atoms with Gasteiger partial charge in [0.25, 0.3) is 0 Å². The second-order valence-electron chi connectivity index (χ2n) is 8.27. The highest BCUT2D eigenvalue weighted by atomic mass is 16.4. The summed E-state index contributed by atoms with van der Waals surface area (Å²) in [4.78, 5) is 13.3. The Bertz CT molecular complexity index is 540. The molecule has 2 aliphatic rings. The lowest BCUT2D eigenvalue weighted by atomic mass is 9.90. The maximum atomic E-state index is 10.7. The summed E-state index contributed by atoms with van der Waals surface area (Å²) in [7, 11) is 0. The molecule has 4 heteroatoms. The number of carbonyl (C=O) groups is 1. The van der Waals surface area contributed by atoms with Crippen LogP contribution in [0.4, 0.5) is 0 Å². The van der Waals surface area contributed by atoms with E-state index in [0.717, 1.165) is 24.7 Å². The molecular weight excluding hydrogens is 324 g/mol. The number of rotatable bonds is 9. The number of nitrogens with zero attached hydrogens (tertiary/aromatic N) is 1. The largest absolute Gasteiger partial charge is 0.480 e. The van der Waals surface area contributed by atoms with Crippen molar-refractivity contribution in [2.75, 3.05) is 26.2 Å². The van der Waals surface area contributed by atoms with Crippen molar-refractivity contribution in [1.29, 1.82) is 0 Å². The summed E-state index contributed by atoms with van der Waals surface area (Å²) in [5.74, 6) is 0.905. The van der Waals surface area contributed by atoms with Crippen molar-refractivity contribution in [3.05, 3.63) is 35.9 Å². The number of carboxylic acids is 1. The number of carboxylic acid groups (broad SMARTS) is 1. The fraction of sp³-hybridized carbons (Fsp3) is 0.682. The van der Waals surface area contributed by atoms with Crippen LogP contribution in [0.1, 0.15) is 50.5 Å². The highest BCUT2D eigenvalue weighted by Gasteiger charge is 2.28. The van der Waals surface area contributed by atoms with Gasteiger partial charge in [0.1, 0.15) is 0 Å². The minimum atomic E-state index is -0.747. The first-order chi connectivity index (χ1) is 12.7. The summed E-state index contributed by atoms with van der Waals surface area (Å²) in [6.45, 7) is 3.81. The normalized spacial score (nSPS) is 24.8. The molecule has 1 saturated heterocycles. The number of hydrogen-bond acceptors (Lipinski definition) is 3. The molecule has 1 aromatic carbocycles. The Labute approximate surface area is 158 Å². The van der Waals surface area contributed by atoms with Gasteiger partial charge in [0.2, 0.25) is 0 Å². The van der Waals surface area contributed by atoms with Gasteiger partial charge in [0, 0.05) is 12.6 Å². The molecule has 1 aliphatic heterocycles. The van der Waals surface area contributed by atoms with Crippen molar-refractivity contribution >= 4 is 5.97 Å². The second-order valence-corrected chi connectivity index (χ2v) is 8.27. The molecule has 1 saturated carbocycles. The van der Waals surface area contributed by atoms with E-state index in [2.05, 4.69) is 40.5 Å². The first kappa shape index (κ1) is 19.4. The number of aliphatic carboxylic acids is 1. The number of benzene rings is 1. The molecule has 0 bridgehead atoms. The van der Waals surface area contributed by atoms with Crippen LogP contribution < -0.4 is 5.32 Å². The summed E-state index contributed by atoms with van der Waals surface area (Å²) >= 11 is 0. The van der Waals surface area contributed by atoms with Gasteiger partial charge >= 0.3 is 5.97 Å². The van der Waals surface area contributed by atoms with E-state index in [1.54, 1.807) is 0 Å². The molecule has 0 aromatic heterocycles. The van der Waals surface area contributed by atoms with Gasteiger partial charge in [-0.15, -0.1) is 0 Å². The van der Waals surface area contributed by atoms with Crippen molar-refractivity contribution in [2.24, 2.45) is 11.8 Å². The van der Waals surface area contributed by atoms with Crippen molar-refractivity contribution < 1.29 is 9.90 Å². The first-order valence-electron chi connectivity index (χ1n) is 10.4. The Morgan fingerprint density at radius 1 is 1.08 bits per heavy atom. The zero-order valence-corrected chi connectivity index (χ0v) is 15.9. The SMILES string of the molecule is O=C(O)CNC1CCC(CN2CCC(CCCc3ccccc3)CC2)C1. The van der Waals surface area contributed by atoms with Crippen molar-refractivity contribution in [3.8, 4) is 0 Å². The number of likely N-dealkylation sites (tertiary alicyclic amines) is 1. The molecule has 26 heavy (non-hydrogen) atoms. The molecule has 1 aliphatic carbocycles. The second kappa shape index (κ2) is 10.1. The lowest BCUT2D eigenvalue weighted by Crippen LogP contribution is -2.37. The van der Waals surface area contributed by atoms with Gasteiger partial charge in [0.15, 0.2) is 0 Å². The maximum absolute atomic E-state index is 10.7. The van der Waals surface area contributed by atoms with Crippen molar-refractivity contribution in [2.45, 2.75) is 57.4 Å². The van der Waals surface area contributed by atoms with E-state index < -0.39 is 5.97 Å². The topological polar surface area (TPSA) is 52.6 Å². The average Bonchev–Trinajstić information content (AvgIpc) is 3.10. The zero-order chi connectivity index (χ0) is 18.2. The average molecular weight is 359 g/mol. The van der Waals surface area contributed by atoms with E-state index >= 15 is 0 Å². The molecule has 0 radical (unpaired) electrons. The van der Waals surface area contributed by atoms with Crippen LogP contribution in [-0.2, 0) is 11.2 Å². The van der Waals surface area contributed by atoms with Gasteiger partial charge in [-0.25, -0.2) is 0 Å². The highest BCUT2D eigenvalue weighted by Crippen LogP contribution is 2.29. The smallest absolute Gasteiger partial charge is 0.317 e. The van der Waals surface area contributed by atoms with Crippen molar-refractivity contribution in [3.63, 3.8) is 0 Å². The van der Waals surface area contributed by atoms with Gasteiger partial charge in [-0.2, -0.15) is 0 Å². The Hall–Kier alpha value is -1.39. The van der Waals surface area contributed by atoms with E-state index in [1.807, 2.05) is 0 Å². The van der Waals surface area contributed by atoms with E-state index in [4.69, 9.17) is 5.11 Å². The van der Waals surface area contributed by atoms with Crippen LogP contribution in [0.5, 0.6) is 0 Å². The van der Waals surface area contributed by atoms with Crippen molar-refractivity contribution in [1.82, 2.24) is 10.2 Å². The number of aryl methyl sites for hydroxylation is 1. The summed E-state index contributed by atoms with van der Waals surface area (Å²) in [6.07, 6.45) is 10.1. The lowest BCUT2D eigenvalue weighted by molar-refractivity contribution is -0.136. The minimum absolute atomic E-state index is 0.103. The van der Waals surface area contributed by atoms with Gasteiger partial charge in [0.05, 0.1) is 6.54 Å². The predicted molar refractivity (Wildman–Crippen MR) is 105 cm³/mol. The molecule has 2 unspecified atom stereocenters. The van der Waals surface area contributed by atoms with Crippen LogP contribution in [0.2, 0.25) is 0 Å². The molecule has 2 fully saturated rings. The third-order valence-corrected chi connectivity index (χ3v) is 6.23. The highest BCUT2D eigenvalue weighted by molar-refractivity contribution is 5.69. The Morgan fingerprint density at radius 3 is 2.58 bits per heavy atom. The molecule has 144 valence electrons. The Balaban J connectivity index is 1.27. The van der Waals surface area contributed by atoms with Gasteiger partial charge in [-0.1, -0.05) is 36.8 Å². The molecule has 0 spiro atoms. The van der Waals surface area contributed by atoms with Crippen LogP contribution in [0.3, 0.4) is 0 Å². The zero-order valence-electron chi connectivity index (χ0n) is 15.9. The van der Waals surface area contributed by atoms with E-state index in [0.29, 0.717) is 6.04 Å². The summed E-state index contributed by atoms with van der Waals surface area (Å²) < 4.78 is 0. The van der Waals surface area contributed by atoms with Crippen LogP contribution >= 0.6 is 0 Å². The van der Waals surface area contributed by atoms with E-state index in [-0.39, 0.29) is 6.54 Å². The number of nitrogens with one attached hydrogen (secondary N) is 1. The van der Waals surface area contributed by atoms with Crippen LogP contribution in [-0.4, -0.2) is 48.2 Å². The quantitative estimate of drug-likeness (QED) is 0.709. The third kappa shape index (κ3) is 6.40. The third-order valence-electron chi connectivity index (χ3n) is 6.23. The number of hydrogen-bond donors (Lipinski definition) is 2. The Morgan fingerprint density at radius 2 is 1.85 bits per heavy atom. The molecule has 3 rings (SSSR count). The minimum Gasteiger partial charge on any atom is -0.480 e. The van der Waals surface area contributed by atoms with Crippen LogP contribution in [0.15, 0.2) is 30.3 Å². The van der Waals surface area contributed by atoms with Gasteiger partial charge in [-0.05, 0) is 75.4 Å². The summed E-state index contributed by atoms with van der Waals surface area (Å²) in [5, 5.41) is 12.0. The number of piperidine rings is 1. The standard InChI is InChI=1S/C22H34N2O2/c25-22(26)16-23-21-10-9-20(15-21)17-24-13-11-19(12-14-24)8-4-7-18-5-2-1-3-6-18/h1-3,5-6,19-21,23H,4,7-17H2,(H,25,26). The molecule has 4 nitrogen and oxygen atoms in total. The van der Waals surface area contributed by atoms with Crippen LogP contribution in [0.25, 0.3) is 0 Å². The predicted octanol–water partition coefficient (Wildman–Crippen LogP) is 3.56. The van der Waals surface area contributed by atoms with Gasteiger partial charge in [-0.3, -0.25) is 4.79 Å². The summed E-state index contributed by atoms with van der Waals surface area (Å²) in [6, 6.07) is 11.3. The molecule has 0 amide bonds. The van der Waals surface area contributed by atoms with Gasteiger partial charge < -0.3 is 15.3 Å². The monoisotopic (exact) mass is 358 g/mol. The fourth-order valence-corrected chi connectivity index (χ4v) is 4.72. The Kier molecular flexibility index (Phi) is 7.51. The maximum Gasteiger partial charge on any atom is 0.317 e. The van der Waals surface area contributed by atoms with E-state index in [1.165, 1.54) is 63.7 Å². The molecule has 2 atom stereocenters. The molecular formula is C22H34N2O2. The lowest BCUT2D eigenvalue weighted by Gasteiger charge is -2.33. The fourth-order valence-electron chi connectivity index (χ4n) is 4.72. The van der Waals surface area contributed by atoms with E-state index in [9.17, 15) is 4.79 Å². The summed E-state index contributed by atoms with van der Waals surface area (Å²) in [5.41, 5.74) is 1.47. The first-order valence-corrected chi connectivity index (χ1v) is 10.4. The molecule has 1 aromatic rings. The molecule has 1 heterocycles. The molecule has 2 N–H and O–H groups in total.